The number of piperidine rings is 1. The van der Waals surface area contributed by atoms with Crippen LogP contribution < -0.4 is 35.1 Å². The highest BCUT2D eigenvalue weighted by Crippen LogP contribution is 2.56. The minimum Gasteiger partial charge on any atom is -0.491 e. The topological polar surface area (TPSA) is 220 Å². The lowest BCUT2D eigenvalue weighted by Gasteiger charge is -2.56. The molecular formula is C53H61N9O10S. The maximum absolute atomic E-state index is 16.1. The number of fused-ring (bicyclic) bond motifs is 6. The van der Waals surface area contributed by atoms with E-state index in [1.54, 1.807) is 23.2 Å². The molecule has 1 amide bonds. The zero-order valence-corrected chi connectivity index (χ0v) is 41.9. The van der Waals surface area contributed by atoms with E-state index in [9.17, 15) is 14.9 Å². The van der Waals surface area contributed by atoms with E-state index in [0.29, 0.717) is 49.3 Å². The van der Waals surface area contributed by atoms with Gasteiger partial charge >= 0.3 is 0 Å². The van der Waals surface area contributed by atoms with Crippen molar-refractivity contribution in [3.05, 3.63) is 88.1 Å². The van der Waals surface area contributed by atoms with Crippen molar-refractivity contribution in [1.29, 1.82) is 0 Å². The zero-order valence-electron chi connectivity index (χ0n) is 41.0. The molecule has 6 fully saturated rings. The van der Waals surface area contributed by atoms with Crippen LogP contribution in [0.15, 0.2) is 76.7 Å². The molecule has 8 aliphatic rings. The maximum Gasteiger partial charge on any atom is 0.297 e. The third-order valence-corrected chi connectivity index (χ3v) is 18.7. The summed E-state index contributed by atoms with van der Waals surface area (Å²) in [5, 5.41) is 17.1. The van der Waals surface area contributed by atoms with Crippen molar-refractivity contribution in [1.82, 2.24) is 19.8 Å². The van der Waals surface area contributed by atoms with E-state index in [1.807, 2.05) is 18.2 Å². The Morgan fingerprint density at radius 1 is 1.01 bits per heavy atom. The van der Waals surface area contributed by atoms with Crippen molar-refractivity contribution in [2.24, 2.45) is 11.1 Å². The normalized spacial score (nSPS) is 26.6. The molecule has 5 saturated heterocycles. The number of morpholine rings is 1. The summed E-state index contributed by atoms with van der Waals surface area (Å²) in [7, 11) is -4.78. The van der Waals surface area contributed by atoms with Gasteiger partial charge in [-0.1, -0.05) is 18.2 Å². The van der Waals surface area contributed by atoms with Gasteiger partial charge in [-0.05, 0) is 101 Å². The van der Waals surface area contributed by atoms with Crippen LogP contribution in [0.4, 0.5) is 28.4 Å². The van der Waals surface area contributed by atoms with Crippen molar-refractivity contribution >= 4 is 55.2 Å². The van der Waals surface area contributed by atoms with Crippen molar-refractivity contribution in [2.45, 2.75) is 117 Å². The number of nitro groups is 1. The lowest BCUT2D eigenvalue weighted by atomic mass is 9.60. The van der Waals surface area contributed by atoms with Gasteiger partial charge in [0.1, 0.15) is 34.7 Å². The fraction of sp³-hybridized carbons (Fsp3) is 0.509. The molecular weight excluding hydrogens is 955 g/mol. The first-order chi connectivity index (χ1) is 35.3. The molecule has 73 heavy (non-hydrogen) atoms. The van der Waals surface area contributed by atoms with Crippen LogP contribution in [-0.2, 0) is 19.3 Å². The number of likely N-dealkylation sites (tertiary alicyclic amines) is 2. The molecule has 3 aromatic carbocycles. The molecule has 6 atom stereocenters. The highest BCUT2D eigenvalue weighted by atomic mass is 32.2. The number of hydrogen-bond donors (Lipinski definition) is 3. The number of benzene rings is 3. The molecule has 20 heteroatoms. The second-order valence-corrected chi connectivity index (χ2v) is 23.6. The molecule has 5 aromatic rings. The van der Waals surface area contributed by atoms with Gasteiger partial charge < -0.3 is 49.5 Å². The fourth-order valence-corrected chi connectivity index (χ4v) is 15.2. The number of H-pyrrole nitrogens is 1. The van der Waals surface area contributed by atoms with Gasteiger partial charge in [0, 0.05) is 73.6 Å². The Hall–Kier alpha value is -6.19. The fourth-order valence-electron chi connectivity index (χ4n) is 13.5. The molecule has 9 heterocycles. The second-order valence-electron chi connectivity index (χ2n) is 21.7. The van der Waals surface area contributed by atoms with Crippen LogP contribution in [0.2, 0.25) is 0 Å². The Balaban J connectivity index is 0.875. The van der Waals surface area contributed by atoms with Crippen molar-refractivity contribution < 1.29 is 41.8 Å². The molecule has 2 aromatic heterocycles. The summed E-state index contributed by atoms with van der Waals surface area (Å²) in [5.41, 5.74) is 8.66. The molecule has 13 rings (SSSR count). The summed E-state index contributed by atoms with van der Waals surface area (Å²) in [6.07, 6.45) is 8.31. The first-order valence-corrected chi connectivity index (χ1v) is 27.4. The number of nitro benzene ring substituents is 1. The van der Waals surface area contributed by atoms with E-state index in [0.717, 1.165) is 75.2 Å². The van der Waals surface area contributed by atoms with Gasteiger partial charge in [0.2, 0.25) is 15.7 Å². The van der Waals surface area contributed by atoms with Gasteiger partial charge in [-0.2, -0.15) is 4.98 Å². The molecule has 1 saturated carbocycles. The molecule has 4 N–H and O–H groups in total. The number of primary amides is 1. The minimum atomic E-state index is -4.78. The smallest absolute Gasteiger partial charge is 0.297 e. The number of pyridine rings is 1. The largest absolute Gasteiger partial charge is 0.491 e. The van der Waals surface area contributed by atoms with Crippen LogP contribution in [0.3, 0.4) is 0 Å². The number of hydrogen-bond acceptors (Lipinski definition) is 16. The third-order valence-electron chi connectivity index (χ3n) is 16.9. The van der Waals surface area contributed by atoms with Gasteiger partial charge in [-0.3, -0.25) is 24.7 Å². The summed E-state index contributed by atoms with van der Waals surface area (Å²) in [5.74, 6) is 0.393. The monoisotopic (exact) mass is 1020 g/mol. The van der Waals surface area contributed by atoms with Crippen LogP contribution in [0.25, 0.3) is 11.0 Å². The number of nitrogens with one attached hydrogen (secondary N) is 2. The number of carbonyl (C=O) groups is 1. The number of amides is 1. The number of carbonyl (C=O) groups excluding carboxylic acids is 1. The molecule has 384 valence electrons. The Labute approximate surface area is 423 Å². The van der Waals surface area contributed by atoms with Gasteiger partial charge in [0.15, 0.2) is 11.4 Å². The third kappa shape index (κ3) is 7.93. The summed E-state index contributed by atoms with van der Waals surface area (Å²) in [6.45, 7) is 8.77. The number of aromatic amines is 1. The molecule has 0 unspecified atom stereocenters. The number of sulfone groups is 1. The van der Waals surface area contributed by atoms with Gasteiger partial charge in [0.25, 0.3) is 11.6 Å². The van der Waals surface area contributed by atoms with Crippen molar-refractivity contribution in [3.63, 3.8) is 0 Å². The number of aromatic nitrogens is 2. The van der Waals surface area contributed by atoms with Gasteiger partial charge in [-0.25, -0.2) is 8.42 Å². The van der Waals surface area contributed by atoms with E-state index < -0.39 is 38.5 Å². The average molecular weight is 1020 g/mol. The SMILES string of the molecule is CC(C)Oc1ccccc1[C@@H]1CCCN1C1CC2(CCN(c3ccc(C(N)=O)c(N4c5cc6cc[nH]c6nc5O[C@@H]5COC[C@H]54)c3S(=O)(=O)c3cc4c(c([N+](=O)[O-])c3)N[C@H](CN3C[C@H]5C[C@@H]3CO5)CO4)CC2)C1. The van der Waals surface area contributed by atoms with Gasteiger partial charge in [-0.15, -0.1) is 0 Å². The van der Waals surface area contributed by atoms with E-state index >= 15 is 8.42 Å². The molecule has 1 aliphatic carbocycles. The second kappa shape index (κ2) is 17.7. The Morgan fingerprint density at radius 3 is 2.62 bits per heavy atom. The summed E-state index contributed by atoms with van der Waals surface area (Å²) in [4.78, 5) is 42.7. The Morgan fingerprint density at radius 2 is 1.85 bits per heavy atom. The highest BCUT2D eigenvalue weighted by molar-refractivity contribution is 7.91. The number of para-hydroxylation sites is 1. The van der Waals surface area contributed by atoms with Crippen LogP contribution in [-0.4, -0.2) is 141 Å². The molecule has 1 spiro atoms. The van der Waals surface area contributed by atoms with Crippen LogP contribution in [0, 0.1) is 15.5 Å². The number of ether oxygens (including phenoxy) is 5. The number of rotatable bonds is 12. The number of nitrogens with zero attached hydrogens (tertiary/aromatic N) is 6. The summed E-state index contributed by atoms with van der Waals surface area (Å²) in [6, 6.07) is 18.0. The van der Waals surface area contributed by atoms with E-state index in [1.165, 1.54) is 11.6 Å². The van der Waals surface area contributed by atoms with Crippen LogP contribution >= 0.6 is 0 Å². The first-order valence-electron chi connectivity index (χ1n) is 25.9. The van der Waals surface area contributed by atoms with Gasteiger partial charge in [0.05, 0.1) is 70.9 Å². The number of anilines is 4. The van der Waals surface area contributed by atoms with E-state index in [2.05, 4.69) is 57.0 Å². The van der Waals surface area contributed by atoms with Crippen LogP contribution in [0.5, 0.6) is 17.4 Å². The predicted octanol–water partition coefficient (Wildman–Crippen LogP) is 6.72. The highest BCUT2D eigenvalue weighted by Gasteiger charge is 2.52. The first kappa shape index (κ1) is 46.6. The quantitative estimate of drug-likeness (QED) is 0.0872. The standard InChI is InChI=1S/C53H61N9O10S/c1-30(2)71-44-8-4-3-6-37(44)39-7-5-15-60(39)34-22-53(23-34)12-16-58(17-13-53)40-10-9-38(50(54)63)48(61-42-18-31-11-14-55-51(31)57-52(42)72-46-29-68-28-43(46)61)49(40)73(66,67)36-20-41(62(64)65)47-45(21-36)70-26-32(56-47)24-59-25-35-19-33(59)27-69-35/h3-4,6,8-11,14,18,20-21,30,32-35,39,43,46,56H,5,7,12-13,15-17,19,22-29H2,1-2H3,(H2,54,63)(H,55,57)/t32-,33-,35-,39+,43-,46-/m1/s1. The molecule has 19 nitrogen and oxygen atoms in total. The molecule has 2 bridgehead atoms. The lowest BCUT2D eigenvalue weighted by Crippen LogP contribution is -2.55. The summed E-state index contributed by atoms with van der Waals surface area (Å²) >= 11 is 0. The maximum atomic E-state index is 16.1. The zero-order chi connectivity index (χ0) is 49.9. The molecule has 0 radical (unpaired) electrons. The summed E-state index contributed by atoms with van der Waals surface area (Å²) < 4.78 is 63.1. The van der Waals surface area contributed by atoms with Crippen molar-refractivity contribution in [3.8, 4) is 17.4 Å². The minimum absolute atomic E-state index is 0.0416. The van der Waals surface area contributed by atoms with E-state index in [-0.39, 0.29) is 93.9 Å². The predicted molar refractivity (Wildman–Crippen MR) is 271 cm³/mol. The van der Waals surface area contributed by atoms with Crippen LogP contribution in [0.1, 0.15) is 80.8 Å². The van der Waals surface area contributed by atoms with E-state index in [4.69, 9.17) is 34.4 Å². The molecule has 7 aliphatic heterocycles. The Bertz CT molecular complexity index is 3130. The number of nitrogens with two attached hydrogens (primary N) is 1. The van der Waals surface area contributed by atoms with Crippen molar-refractivity contribution in [2.75, 3.05) is 74.3 Å². The Kier molecular flexibility index (Phi) is 11.3. The lowest BCUT2D eigenvalue weighted by molar-refractivity contribution is -0.384. The average Bonchev–Trinajstić information content (AvgIpc) is 4.25.